The normalized spacial score (nSPS) is 12.1. The molecule has 1 N–H and O–H groups in total. The van der Waals surface area contributed by atoms with Crippen molar-refractivity contribution in [1.29, 1.82) is 0 Å². The van der Waals surface area contributed by atoms with E-state index in [0.717, 1.165) is 5.69 Å². The zero-order valence-electron chi connectivity index (χ0n) is 10.9. The van der Waals surface area contributed by atoms with Crippen LogP contribution in [0.2, 0.25) is 0 Å². The van der Waals surface area contributed by atoms with Gasteiger partial charge in [-0.3, -0.25) is 0 Å². The number of anilines is 1. The van der Waals surface area contributed by atoms with Crippen molar-refractivity contribution in [2.75, 3.05) is 19.0 Å². The number of para-hydroxylation sites is 1. The molecule has 0 amide bonds. The van der Waals surface area contributed by atoms with Crippen LogP contribution in [0.5, 0.6) is 0 Å². The Hall–Kier alpha value is -1.80. The summed E-state index contributed by atoms with van der Waals surface area (Å²) in [6.45, 7) is 2.76. The second-order valence-electron chi connectivity index (χ2n) is 4.38. The highest BCUT2D eigenvalue weighted by atomic mass is 16.5. The molecule has 0 fully saturated rings. The van der Waals surface area contributed by atoms with E-state index in [9.17, 15) is 0 Å². The summed E-state index contributed by atoms with van der Waals surface area (Å²) in [4.78, 5) is 0. The molecule has 0 heterocycles. The summed E-state index contributed by atoms with van der Waals surface area (Å²) in [5, 5.41) is 3.54. The fourth-order valence-electron chi connectivity index (χ4n) is 2.00. The fourth-order valence-corrected chi connectivity index (χ4v) is 2.00. The van der Waals surface area contributed by atoms with E-state index < -0.39 is 0 Å². The minimum absolute atomic E-state index is 0.178. The molecule has 0 aromatic heterocycles. The maximum atomic E-state index is 5.31. The molecule has 1 atom stereocenters. The van der Waals surface area contributed by atoms with Crippen molar-refractivity contribution in [1.82, 2.24) is 0 Å². The highest BCUT2D eigenvalue weighted by Crippen LogP contribution is 2.22. The van der Waals surface area contributed by atoms with Gasteiger partial charge >= 0.3 is 0 Å². The molecule has 0 radical (unpaired) electrons. The van der Waals surface area contributed by atoms with Crippen LogP contribution in [-0.2, 0) is 4.74 Å². The lowest BCUT2D eigenvalue weighted by Gasteiger charge is -2.20. The Kier molecular flexibility index (Phi) is 4.37. The number of benzene rings is 2. The van der Waals surface area contributed by atoms with Crippen LogP contribution in [0, 0.1) is 6.92 Å². The Morgan fingerprint density at radius 2 is 1.67 bits per heavy atom. The minimum Gasteiger partial charge on any atom is -0.382 e. The van der Waals surface area contributed by atoms with E-state index in [-0.39, 0.29) is 6.04 Å². The van der Waals surface area contributed by atoms with E-state index in [4.69, 9.17) is 4.74 Å². The first-order chi connectivity index (χ1) is 8.81. The first-order valence-corrected chi connectivity index (χ1v) is 6.17. The van der Waals surface area contributed by atoms with Crippen LogP contribution in [-0.4, -0.2) is 13.7 Å². The molecule has 0 bridgehead atoms. The molecule has 2 aromatic rings. The van der Waals surface area contributed by atoms with Gasteiger partial charge in [0.05, 0.1) is 12.6 Å². The summed E-state index contributed by atoms with van der Waals surface area (Å²) in [5.74, 6) is 0. The van der Waals surface area contributed by atoms with Gasteiger partial charge in [-0.1, -0.05) is 48.5 Å². The van der Waals surface area contributed by atoms with Crippen molar-refractivity contribution in [3.05, 3.63) is 65.7 Å². The molecular formula is C16H19NO. The Bertz CT molecular complexity index is 481. The summed E-state index contributed by atoms with van der Waals surface area (Å²) < 4.78 is 5.31. The third-order valence-electron chi connectivity index (χ3n) is 3.01. The molecule has 0 saturated heterocycles. The molecule has 2 aromatic carbocycles. The molecule has 0 aliphatic rings. The van der Waals surface area contributed by atoms with Crippen LogP contribution >= 0.6 is 0 Å². The van der Waals surface area contributed by atoms with Gasteiger partial charge in [0.2, 0.25) is 0 Å². The van der Waals surface area contributed by atoms with Crippen molar-refractivity contribution in [3.8, 4) is 0 Å². The Morgan fingerprint density at radius 1 is 1.00 bits per heavy atom. The topological polar surface area (TPSA) is 21.3 Å². The van der Waals surface area contributed by atoms with Gasteiger partial charge in [-0.05, 0) is 24.1 Å². The van der Waals surface area contributed by atoms with Gasteiger partial charge in [-0.15, -0.1) is 0 Å². The summed E-state index contributed by atoms with van der Waals surface area (Å²) in [6, 6.07) is 18.9. The van der Waals surface area contributed by atoms with E-state index in [1.807, 2.05) is 18.2 Å². The lowest BCUT2D eigenvalue weighted by atomic mass is 10.1. The van der Waals surface area contributed by atoms with Gasteiger partial charge in [0.15, 0.2) is 0 Å². The quantitative estimate of drug-likeness (QED) is 0.859. The molecular weight excluding hydrogens is 222 g/mol. The van der Waals surface area contributed by atoms with Crippen molar-refractivity contribution in [2.24, 2.45) is 0 Å². The molecule has 1 unspecified atom stereocenters. The zero-order valence-corrected chi connectivity index (χ0v) is 10.9. The van der Waals surface area contributed by atoms with Gasteiger partial charge in [0.1, 0.15) is 0 Å². The highest BCUT2D eigenvalue weighted by Gasteiger charge is 2.11. The third kappa shape index (κ3) is 3.11. The van der Waals surface area contributed by atoms with Gasteiger partial charge in [-0.25, -0.2) is 0 Å². The van der Waals surface area contributed by atoms with Crippen LogP contribution in [0.15, 0.2) is 54.6 Å². The first kappa shape index (κ1) is 12.7. The predicted octanol–water partition coefficient (Wildman–Crippen LogP) is 3.79. The molecule has 2 heteroatoms. The Morgan fingerprint density at radius 3 is 2.33 bits per heavy atom. The van der Waals surface area contributed by atoms with E-state index in [2.05, 4.69) is 48.6 Å². The molecule has 2 rings (SSSR count). The molecule has 0 spiro atoms. The Labute approximate surface area is 109 Å². The molecule has 0 saturated carbocycles. The van der Waals surface area contributed by atoms with Crippen LogP contribution in [0.3, 0.4) is 0 Å². The summed E-state index contributed by atoms with van der Waals surface area (Å²) >= 11 is 0. The number of rotatable bonds is 5. The van der Waals surface area contributed by atoms with Gasteiger partial charge < -0.3 is 10.1 Å². The van der Waals surface area contributed by atoms with Crippen LogP contribution in [0.4, 0.5) is 5.69 Å². The number of methoxy groups -OCH3 is 1. The highest BCUT2D eigenvalue weighted by molar-refractivity contribution is 5.52. The van der Waals surface area contributed by atoms with Gasteiger partial charge in [-0.2, -0.15) is 0 Å². The van der Waals surface area contributed by atoms with Crippen LogP contribution in [0.1, 0.15) is 17.2 Å². The largest absolute Gasteiger partial charge is 0.382 e. The van der Waals surface area contributed by atoms with E-state index in [1.165, 1.54) is 11.1 Å². The van der Waals surface area contributed by atoms with Crippen molar-refractivity contribution >= 4 is 5.69 Å². The van der Waals surface area contributed by atoms with Crippen LogP contribution in [0.25, 0.3) is 0 Å². The van der Waals surface area contributed by atoms with Crippen LogP contribution < -0.4 is 5.32 Å². The monoisotopic (exact) mass is 241 g/mol. The van der Waals surface area contributed by atoms with Gasteiger partial charge in [0.25, 0.3) is 0 Å². The Balaban J connectivity index is 2.19. The molecule has 2 nitrogen and oxygen atoms in total. The maximum Gasteiger partial charge on any atom is 0.0747 e. The number of hydrogen-bond donors (Lipinski definition) is 1. The van der Waals surface area contributed by atoms with E-state index in [1.54, 1.807) is 7.11 Å². The summed E-state index contributed by atoms with van der Waals surface area (Å²) in [7, 11) is 1.73. The predicted molar refractivity (Wildman–Crippen MR) is 75.9 cm³/mol. The van der Waals surface area contributed by atoms with E-state index >= 15 is 0 Å². The number of ether oxygens (including phenoxy) is 1. The number of aryl methyl sites for hydroxylation is 1. The molecule has 94 valence electrons. The zero-order chi connectivity index (χ0) is 12.8. The SMILES string of the molecule is COCC(Nc1ccccc1C)c1ccccc1. The number of hydrogen-bond acceptors (Lipinski definition) is 2. The number of nitrogens with one attached hydrogen (secondary N) is 1. The first-order valence-electron chi connectivity index (χ1n) is 6.17. The second-order valence-corrected chi connectivity index (χ2v) is 4.38. The molecule has 0 aliphatic carbocycles. The smallest absolute Gasteiger partial charge is 0.0747 e. The summed E-state index contributed by atoms with van der Waals surface area (Å²) in [5.41, 5.74) is 3.64. The molecule has 0 aliphatic heterocycles. The third-order valence-corrected chi connectivity index (χ3v) is 3.01. The lowest BCUT2D eigenvalue weighted by molar-refractivity contribution is 0.186. The van der Waals surface area contributed by atoms with E-state index in [0.29, 0.717) is 6.61 Å². The van der Waals surface area contributed by atoms with Gasteiger partial charge in [0, 0.05) is 12.8 Å². The van der Waals surface area contributed by atoms with Crippen molar-refractivity contribution in [3.63, 3.8) is 0 Å². The lowest BCUT2D eigenvalue weighted by Crippen LogP contribution is -2.16. The van der Waals surface area contributed by atoms with Crippen molar-refractivity contribution in [2.45, 2.75) is 13.0 Å². The minimum atomic E-state index is 0.178. The average Bonchev–Trinajstić information content (AvgIpc) is 2.42. The maximum absolute atomic E-state index is 5.31. The second kappa shape index (κ2) is 6.22. The average molecular weight is 241 g/mol. The fraction of sp³-hybridized carbons (Fsp3) is 0.250. The summed E-state index contributed by atoms with van der Waals surface area (Å²) in [6.07, 6.45) is 0. The molecule has 18 heavy (non-hydrogen) atoms. The standard InChI is InChI=1S/C16H19NO/c1-13-8-6-7-11-15(13)17-16(12-18-2)14-9-4-3-5-10-14/h3-11,16-17H,12H2,1-2H3. The van der Waals surface area contributed by atoms with Crippen molar-refractivity contribution < 1.29 is 4.74 Å².